The van der Waals surface area contributed by atoms with E-state index in [1.165, 1.54) is 0 Å². The summed E-state index contributed by atoms with van der Waals surface area (Å²) in [7, 11) is 0. The molecule has 2 rings (SSSR count). The van der Waals surface area contributed by atoms with Gasteiger partial charge in [0.05, 0.1) is 0 Å². The van der Waals surface area contributed by atoms with Crippen LogP contribution in [0.15, 0.2) is 22.7 Å². The molecule has 1 aromatic carbocycles. The van der Waals surface area contributed by atoms with Crippen LogP contribution in [0.25, 0.3) is 0 Å². The molecule has 1 amide bonds. The molecule has 0 aliphatic carbocycles. The zero-order valence-electron chi connectivity index (χ0n) is 11.9. The summed E-state index contributed by atoms with van der Waals surface area (Å²) >= 11 is 0. The third-order valence-electron chi connectivity index (χ3n) is 2.80. The highest BCUT2D eigenvalue weighted by Gasteiger charge is 2.12. The number of hydrogen-bond acceptors (Lipinski definition) is 5. The van der Waals surface area contributed by atoms with Crippen molar-refractivity contribution in [3.8, 4) is 0 Å². The fourth-order valence-electron chi connectivity index (χ4n) is 1.81. The van der Waals surface area contributed by atoms with Gasteiger partial charge in [-0.05, 0) is 44.0 Å². The Balaban J connectivity index is 2.09. The summed E-state index contributed by atoms with van der Waals surface area (Å²) in [6, 6.07) is 5.73. The Labute approximate surface area is 117 Å². The van der Waals surface area contributed by atoms with Crippen LogP contribution < -0.4 is 10.6 Å². The highest BCUT2D eigenvalue weighted by atomic mass is 16.5. The first-order valence-electron chi connectivity index (χ1n) is 6.56. The van der Waals surface area contributed by atoms with Gasteiger partial charge in [0.2, 0.25) is 0 Å². The van der Waals surface area contributed by atoms with E-state index in [0.717, 1.165) is 24.2 Å². The summed E-state index contributed by atoms with van der Waals surface area (Å²) in [6.45, 7) is 6.60. The average Bonchev–Trinajstić information content (AvgIpc) is 2.81. The van der Waals surface area contributed by atoms with Gasteiger partial charge < -0.3 is 9.84 Å². The van der Waals surface area contributed by atoms with Crippen LogP contribution in [0.4, 0.5) is 11.7 Å². The quantitative estimate of drug-likeness (QED) is 0.876. The van der Waals surface area contributed by atoms with E-state index in [-0.39, 0.29) is 11.9 Å². The minimum Gasteiger partial charge on any atom is -0.385 e. The lowest BCUT2D eigenvalue weighted by Gasteiger charge is -2.09. The Bertz CT molecular complexity index is 607. The van der Waals surface area contributed by atoms with Crippen LogP contribution in [-0.4, -0.2) is 22.6 Å². The van der Waals surface area contributed by atoms with Gasteiger partial charge >= 0.3 is 6.01 Å². The average molecular weight is 274 g/mol. The molecule has 1 aromatic heterocycles. The number of benzene rings is 1. The molecule has 0 spiro atoms. The van der Waals surface area contributed by atoms with E-state index in [2.05, 4.69) is 27.7 Å². The third kappa shape index (κ3) is 3.34. The molecule has 0 aliphatic heterocycles. The van der Waals surface area contributed by atoms with Crippen molar-refractivity contribution < 1.29 is 9.32 Å². The van der Waals surface area contributed by atoms with Crippen molar-refractivity contribution in [2.75, 3.05) is 17.2 Å². The molecule has 20 heavy (non-hydrogen) atoms. The maximum atomic E-state index is 12.1. The predicted octanol–water partition coefficient (Wildman–Crippen LogP) is 2.76. The van der Waals surface area contributed by atoms with Gasteiger partial charge in [0, 0.05) is 17.8 Å². The summed E-state index contributed by atoms with van der Waals surface area (Å²) < 4.78 is 4.87. The topological polar surface area (TPSA) is 80.0 Å². The number of nitrogens with one attached hydrogen (secondary N) is 2. The first-order valence-corrected chi connectivity index (χ1v) is 6.56. The van der Waals surface area contributed by atoms with Crippen molar-refractivity contribution in [1.29, 1.82) is 0 Å². The van der Waals surface area contributed by atoms with Gasteiger partial charge in [-0.2, -0.15) is 4.98 Å². The standard InChI is InChI=1S/C14H18N4O2/c1-4-7-15-11-5-6-12(9(2)8-11)13(19)17-14-16-10(3)18-20-14/h5-6,8,15H,4,7H2,1-3H3,(H,16,17,18,19). The van der Waals surface area contributed by atoms with Crippen LogP contribution in [0.5, 0.6) is 0 Å². The van der Waals surface area contributed by atoms with E-state index in [1.54, 1.807) is 13.0 Å². The SMILES string of the molecule is CCCNc1ccc(C(=O)Nc2nc(C)no2)c(C)c1. The van der Waals surface area contributed by atoms with E-state index in [0.29, 0.717) is 11.4 Å². The molecule has 0 aliphatic rings. The Morgan fingerprint density at radius 1 is 1.35 bits per heavy atom. The summed E-state index contributed by atoms with van der Waals surface area (Å²) in [5, 5.41) is 9.49. The first kappa shape index (κ1) is 14.0. The molecular formula is C14H18N4O2. The number of hydrogen-bond donors (Lipinski definition) is 2. The van der Waals surface area contributed by atoms with Gasteiger partial charge in [-0.3, -0.25) is 10.1 Å². The van der Waals surface area contributed by atoms with Crippen molar-refractivity contribution >= 4 is 17.6 Å². The van der Waals surface area contributed by atoms with Crippen LogP contribution >= 0.6 is 0 Å². The van der Waals surface area contributed by atoms with Crippen LogP contribution in [-0.2, 0) is 0 Å². The van der Waals surface area contributed by atoms with Crippen LogP contribution in [0.3, 0.4) is 0 Å². The number of aryl methyl sites for hydroxylation is 2. The van der Waals surface area contributed by atoms with Gasteiger partial charge in [-0.15, -0.1) is 0 Å². The molecule has 2 N–H and O–H groups in total. The number of anilines is 2. The van der Waals surface area contributed by atoms with E-state index in [1.807, 2.05) is 19.1 Å². The van der Waals surface area contributed by atoms with E-state index >= 15 is 0 Å². The molecule has 0 fully saturated rings. The lowest BCUT2D eigenvalue weighted by atomic mass is 10.1. The van der Waals surface area contributed by atoms with Crippen molar-refractivity contribution in [2.24, 2.45) is 0 Å². The highest BCUT2D eigenvalue weighted by Crippen LogP contribution is 2.16. The van der Waals surface area contributed by atoms with E-state index in [9.17, 15) is 4.79 Å². The van der Waals surface area contributed by atoms with Crippen molar-refractivity contribution in [3.63, 3.8) is 0 Å². The highest BCUT2D eigenvalue weighted by molar-refractivity contribution is 6.04. The molecule has 0 radical (unpaired) electrons. The minimum atomic E-state index is -0.256. The second-order valence-corrected chi connectivity index (χ2v) is 4.56. The summed E-state index contributed by atoms with van der Waals surface area (Å²) in [5.74, 6) is 0.226. The predicted molar refractivity (Wildman–Crippen MR) is 76.9 cm³/mol. The zero-order chi connectivity index (χ0) is 14.5. The number of rotatable bonds is 5. The Kier molecular flexibility index (Phi) is 4.34. The normalized spacial score (nSPS) is 10.3. The van der Waals surface area contributed by atoms with Gasteiger partial charge in [0.25, 0.3) is 5.91 Å². The number of amides is 1. The summed E-state index contributed by atoms with van der Waals surface area (Å²) in [4.78, 5) is 16.1. The molecule has 0 saturated heterocycles. The smallest absolute Gasteiger partial charge is 0.328 e. The third-order valence-corrected chi connectivity index (χ3v) is 2.80. The number of carbonyl (C=O) groups is 1. The van der Waals surface area contributed by atoms with Crippen molar-refractivity contribution in [2.45, 2.75) is 27.2 Å². The van der Waals surface area contributed by atoms with E-state index < -0.39 is 0 Å². The fourth-order valence-corrected chi connectivity index (χ4v) is 1.81. The molecule has 0 unspecified atom stereocenters. The zero-order valence-corrected chi connectivity index (χ0v) is 11.9. The second kappa shape index (κ2) is 6.18. The number of nitrogens with zero attached hydrogens (tertiary/aromatic N) is 2. The van der Waals surface area contributed by atoms with Crippen LogP contribution in [0, 0.1) is 13.8 Å². The van der Waals surface area contributed by atoms with Crippen LogP contribution in [0.1, 0.15) is 35.1 Å². The van der Waals surface area contributed by atoms with Gasteiger partial charge in [-0.25, -0.2) is 0 Å². The molecule has 0 saturated carbocycles. The largest absolute Gasteiger partial charge is 0.385 e. The molecule has 2 aromatic rings. The fraction of sp³-hybridized carbons (Fsp3) is 0.357. The Morgan fingerprint density at radius 2 is 2.15 bits per heavy atom. The Hall–Kier alpha value is -2.37. The molecular weight excluding hydrogens is 256 g/mol. The minimum absolute atomic E-state index is 0.111. The summed E-state index contributed by atoms with van der Waals surface area (Å²) in [6.07, 6.45) is 1.05. The molecule has 6 nitrogen and oxygen atoms in total. The molecule has 106 valence electrons. The van der Waals surface area contributed by atoms with Crippen molar-refractivity contribution in [1.82, 2.24) is 10.1 Å². The Morgan fingerprint density at radius 3 is 2.75 bits per heavy atom. The van der Waals surface area contributed by atoms with E-state index in [4.69, 9.17) is 4.52 Å². The monoisotopic (exact) mass is 274 g/mol. The first-order chi connectivity index (χ1) is 9.60. The van der Waals surface area contributed by atoms with Gasteiger partial charge in [0.15, 0.2) is 5.82 Å². The number of carbonyl (C=O) groups excluding carboxylic acids is 1. The maximum Gasteiger partial charge on any atom is 0.328 e. The molecule has 0 bridgehead atoms. The lowest BCUT2D eigenvalue weighted by Crippen LogP contribution is -2.14. The van der Waals surface area contributed by atoms with Crippen LogP contribution in [0.2, 0.25) is 0 Å². The molecule has 1 heterocycles. The molecule has 0 atom stereocenters. The van der Waals surface area contributed by atoms with Gasteiger partial charge in [0.1, 0.15) is 0 Å². The number of aromatic nitrogens is 2. The van der Waals surface area contributed by atoms with Gasteiger partial charge in [-0.1, -0.05) is 12.1 Å². The second-order valence-electron chi connectivity index (χ2n) is 4.56. The summed E-state index contributed by atoms with van der Waals surface area (Å²) in [5.41, 5.74) is 2.48. The lowest BCUT2D eigenvalue weighted by molar-refractivity contribution is 0.102. The maximum absolute atomic E-state index is 12.1. The molecule has 6 heteroatoms. The van der Waals surface area contributed by atoms with Crippen molar-refractivity contribution in [3.05, 3.63) is 35.2 Å².